The second-order valence-electron chi connectivity index (χ2n) is 4.94. The summed E-state index contributed by atoms with van der Waals surface area (Å²) in [5.41, 5.74) is 6.18. The summed E-state index contributed by atoms with van der Waals surface area (Å²) < 4.78 is 7.25. The lowest BCUT2D eigenvalue weighted by molar-refractivity contribution is -0.119. The summed E-state index contributed by atoms with van der Waals surface area (Å²) in [6.45, 7) is 3.68. The molecule has 0 fully saturated rings. The molecule has 0 aliphatic carbocycles. The van der Waals surface area contributed by atoms with Gasteiger partial charge in [0.25, 0.3) is 5.91 Å². The topological polar surface area (TPSA) is 82.2 Å². The van der Waals surface area contributed by atoms with E-state index in [9.17, 15) is 4.79 Å². The Morgan fingerprint density at radius 2 is 2.19 bits per heavy atom. The Labute approximate surface area is 123 Å². The van der Waals surface area contributed by atoms with Crippen molar-refractivity contribution in [2.75, 3.05) is 6.61 Å². The van der Waals surface area contributed by atoms with E-state index in [0.29, 0.717) is 11.8 Å². The predicted molar refractivity (Wildman–Crippen MR) is 79.7 cm³/mol. The zero-order valence-corrected chi connectivity index (χ0v) is 12.0. The summed E-state index contributed by atoms with van der Waals surface area (Å²) in [6, 6.07) is 7.94. The van der Waals surface area contributed by atoms with Crippen molar-refractivity contribution in [3.63, 3.8) is 0 Å². The molecule has 1 atom stereocenters. The van der Waals surface area contributed by atoms with Crippen molar-refractivity contribution < 1.29 is 9.53 Å². The number of aromatic nitrogens is 2. The van der Waals surface area contributed by atoms with Gasteiger partial charge in [-0.05, 0) is 24.6 Å². The molecule has 21 heavy (non-hydrogen) atoms. The maximum absolute atomic E-state index is 10.6. The molecule has 1 heterocycles. The summed E-state index contributed by atoms with van der Waals surface area (Å²) in [7, 11) is 0. The van der Waals surface area contributed by atoms with Crippen LogP contribution in [0.25, 0.3) is 0 Å². The molecule has 0 radical (unpaired) electrons. The minimum atomic E-state index is -0.478. The minimum Gasteiger partial charge on any atom is -0.484 e. The van der Waals surface area contributed by atoms with Crippen molar-refractivity contribution in [1.29, 1.82) is 0 Å². The maximum atomic E-state index is 10.6. The fourth-order valence-electron chi connectivity index (χ4n) is 1.93. The molecular weight excluding hydrogens is 268 g/mol. The smallest absolute Gasteiger partial charge is 0.255 e. The Morgan fingerprint density at radius 1 is 1.43 bits per heavy atom. The lowest BCUT2D eigenvalue weighted by Gasteiger charge is -2.14. The number of ether oxygens (including phenoxy) is 1. The second-order valence-corrected chi connectivity index (χ2v) is 4.94. The summed E-state index contributed by atoms with van der Waals surface area (Å²) in [6.07, 6.45) is 5.53. The van der Waals surface area contributed by atoms with E-state index in [1.54, 1.807) is 6.20 Å². The number of nitrogens with one attached hydrogen (secondary N) is 1. The standard InChI is InChI=1S/C15H20N4O2/c1-12(9-19-7-6-17-11-19)18-8-13-2-4-14(5-3-13)21-10-15(16)20/h2-7,11-12,18H,8-10H2,1H3,(H2,16,20). The first-order valence-corrected chi connectivity index (χ1v) is 6.82. The zero-order chi connectivity index (χ0) is 15.1. The van der Waals surface area contributed by atoms with Gasteiger partial charge in [0, 0.05) is 31.5 Å². The van der Waals surface area contributed by atoms with Crippen molar-refractivity contribution in [2.24, 2.45) is 5.73 Å². The van der Waals surface area contributed by atoms with Crippen LogP contribution < -0.4 is 15.8 Å². The SMILES string of the molecule is CC(Cn1ccnc1)NCc1ccc(OCC(N)=O)cc1. The highest BCUT2D eigenvalue weighted by Gasteiger charge is 2.03. The van der Waals surface area contributed by atoms with Crippen molar-refractivity contribution in [1.82, 2.24) is 14.9 Å². The van der Waals surface area contributed by atoms with E-state index >= 15 is 0 Å². The lowest BCUT2D eigenvalue weighted by atomic mass is 10.2. The molecule has 1 aromatic heterocycles. The van der Waals surface area contributed by atoms with E-state index < -0.39 is 5.91 Å². The van der Waals surface area contributed by atoms with Crippen molar-refractivity contribution >= 4 is 5.91 Å². The van der Waals surface area contributed by atoms with Gasteiger partial charge in [-0.15, -0.1) is 0 Å². The number of carbonyl (C=O) groups is 1. The monoisotopic (exact) mass is 288 g/mol. The van der Waals surface area contributed by atoms with Crippen LogP contribution in [0.1, 0.15) is 12.5 Å². The van der Waals surface area contributed by atoms with Crippen molar-refractivity contribution in [3.05, 3.63) is 48.5 Å². The van der Waals surface area contributed by atoms with E-state index in [1.165, 1.54) is 0 Å². The van der Waals surface area contributed by atoms with Crippen LogP contribution in [0.3, 0.4) is 0 Å². The summed E-state index contributed by atoms with van der Waals surface area (Å²) in [5, 5.41) is 3.44. The molecule has 3 N–H and O–H groups in total. The van der Waals surface area contributed by atoms with Crippen LogP contribution in [0.5, 0.6) is 5.75 Å². The highest BCUT2D eigenvalue weighted by Crippen LogP contribution is 2.12. The number of carbonyl (C=O) groups excluding carboxylic acids is 1. The second kappa shape index (κ2) is 7.44. The van der Waals surface area contributed by atoms with Gasteiger partial charge in [0.1, 0.15) is 5.75 Å². The van der Waals surface area contributed by atoms with Crippen molar-refractivity contribution in [2.45, 2.75) is 26.1 Å². The minimum absolute atomic E-state index is 0.0977. The van der Waals surface area contributed by atoms with Crippen LogP contribution in [0.2, 0.25) is 0 Å². The van der Waals surface area contributed by atoms with Gasteiger partial charge in [0.2, 0.25) is 0 Å². The predicted octanol–water partition coefficient (Wildman–Crippen LogP) is 0.925. The fourth-order valence-corrected chi connectivity index (χ4v) is 1.93. The molecule has 2 rings (SSSR count). The molecule has 0 aliphatic rings. The Bertz CT molecular complexity index is 552. The first kappa shape index (κ1) is 15.1. The number of hydrogen-bond donors (Lipinski definition) is 2. The lowest BCUT2D eigenvalue weighted by Crippen LogP contribution is -2.29. The quantitative estimate of drug-likeness (QED) is 0.757. The molecule has 6 nitrogen and oxygen atoms in total. The Hall–Kier alpha value is -2.34. The molecule has 0 aliphatic heterocycles. The maximum Gasteiger partial charge on any atom is 0.255 e. The Kier molecular flexibility index (Phi) is 5.34. The van der Waals surface area contributed by atoms with E-state index in [0.717, 1.165) is 18.7 Å². The number of amides is 1. The van der Waals surface area contributed by atoms with E-state index in [-0.39, 0.29) is 6.61 Å². The average molecular weight is 288 g/mol. The first-order valence-electron chi connectivity index (χ1n) is 6.82. The van der Waals surface area contributed by atoms with E-state index in [2.05, 4.69) is 17.2 Å². The molecule has 0 spiro atoms. The molecule has 1 amide bonds. The molecule has 1 aromatic carbocycles. The number of nitrogens with zero attached hydrogens (tertiary/aromatic N) is 2. The van der Waals surface area contributed by atoms with Crippen LogP contribution in [0.4, 0.5) is 0 Å². The molecule has 112 valence electrons. The summed E-state index contributed by atoms with van der Waals surface area (Å²) in [4.78, 5) is 14.6. The molecule has 0 saturated heterocycles. The molecule has 6 heteroatoms. The van der Waals surface area contributed by atoms with Crippen LogP contribution in [0.15, 0.2) is 43.0 Å². The van der Waals surface area contributed by atoms with E-state index in [1.807, 2.05) is 41.4 Å². The van der Waals surface area contributed by atoms with Crippen LogP contribution in [-0.4, -0.2) is 28.1 Å². The Morgan fingerprint density at radius 3 is 2.81 bits per heavy atom. The number of nitrogens with two attached hydrogens (primary N) is 1. The summed E-state index contributed by atoms with van der Waals surface area (Å²) in [5.74, 6) is 0.165. The third-order valence-electron chi connectivity index (χ3n) is 3.00. The number of rotatable bonds is 8. The molecule has 1 unspecified atom stereocenters. The van der Waals surface area contributed by atoms with Gasteiger partial charge in [-0.3, -0.25) is 4.79 Å². The first-order chi connectivity index (χ1) is 10.1. The molecule has 0 saturated carbocycles. The number of benzene rings is 1. The third kappa shape index (κ3) is 5.27. The van der Waals surface area contributed by atoms with Gasteiger partial charge in [-0.1, -0.05) is 12.1 Å². The van der Waals surface area contributed by atoms with Crippen LogP contribution in [0, 0.1) is 0 Å². The van der Waals surface area contributed by atoms with Gasteiger partial charge in [0.05, 0.1) is 6.33 Å². The average Bonchev–Trinajstić information content (AvgIpc) is 2.97. The highest BCUT2D eigenvalue weighted by atomic mass is 16.5. The largest absolute Gasteiger partial charge is 0.484 e. The van der Waals surface area contributed by atoms with Gasteiger partial charge in [-0.2, -0.15) is 0 Å². The zero-order valence-electron chi connectivity index (χ0n) is 12.0. The molecule has 0 bridgehead atoms. The third-order valence-corrected chi connectivity index (χ3v) is 3.00. The number of imidazole rings is 1. The van der Waals surface area contributed by atoms with Crippen molar-refractivity contribution in [3.8, 4) is 5.75 Å². The summed E-state index contributed by atoms with van der Waals surface area (Å²) >= 11 is 0. The van der Waals surface area contributed by atoms with E-state index in [4.69, 9.17) is 10.5 Å². The van der Waals surface area contributed by atoms with Gasteiger partial charge >= 0.3 is 0 Å². The number of hydrogen-bond acceptors (Lipinski definition) is 4. The highest BCUT2D eigenvalue weighted by molar-refractivity contribution is 5.75. The molecule has 2 aromatic rings. The van der Waals surface area contributed by atoms with Crippen LogP contribution >= 0.6 is 0 Å². The van der Waals surface area contributed by atoms with Crippen LogP contribution in [-0.2, 0) is 17.9 Å². The fraction of sp³-hybridized carbons (Fsp3) is 0.333. The van der Waals surface area contributed by atoms with Gasteiger partial charge < -0.3 is 20.4 Å². The van der Waals surface area contributed by atoms with Gasteiger partial charge in [-0.25, -0.2) is 4.98 Å². The normalized spacial score (nSPS) is 12.0. The number of primary amides is 1. The Balaban J connectivity index is 1.76. The molecular formula is C15H20N4O2. The van der Waals surface area contributed by atoms with Gasteiger partial charge in [0.15, 0.2) is 6.61 Å².